The van der Waals surface area contributed by atoms with Crippen LogP contribution in [0.15, 0.2) is 18.2 Å². The molecule has 2 fully saturated rings. The van der Waals surface area contributed by atoms with Gasteiger partial charge in [-0.3, -0.25) is 4.79 Å². The summed E-state index contributed by atoms with van der Waals surface area (Å²) in [5, 5.41) is 16.7. The fourth-order valence-electron chi connectivity index (χ4n) is 5.34. The Labute approximate surface area is 132 Å². The molecule has 0 aliphatic heterocycles. The minimum absolute atomic E-state index is 0.0322. The van der Waals surface area contributed by atoms with Gasteiger partial charge in [0.1, 0.15) is 11.5 Å². The molecule has 3 aliphatic carbocycles. The minimum Gasteiger partial charge on any atom is -0.508 e. The molecule has 0 spiro atoms. The second-order valence-electron chi connectivity index (χ2n) is 7.22. The van der Waals surface area contributed by atoms with Crippen molar-refractivity contribution in [2.24, 2.45) is 17.3 Å². The van der Waals surface area contributed by atoms with Crippen LogP contribution in [-0.4, -0.2) is 23.1 Å². The molecule has 0 amide bonds. The van der Waals surface area contributed by atoms with E-state index in [1.807, 2.05) is 12.1 Å². The maximum atomic E-state index is 12.3. The van der Waals surface area contributed by atoms with Crippen molar-refractivity contribution in [2.45, 2.75) is 51.4 Å². The number of hydrogen-bond donors (Lipinski definition) is 2. The molecule has 1 aromatic carbocycles. The summed E-state index contributed by atoms with van der Waals surface area (Å²) >= 11 is 0. The standard InChI is InChI=1S/C18H22O2.CH4O/c1-18-9-8-14-13-5-3-12(19)10-11(13)2-4-15(14)16(18)6-7-17(18)20;1-2/h3,5,10,14-16,19H,2,4,6-9H2,1H3;2H,1H3/t14-,15-,16+,18+;/m1./s1. The predicted molar refractivity (Wildman–Crippen MR) is 85.9 cm³/mol. The van der Waals surface area contributed by atoms with Gasteiger partial charge in [0.2, 0.25) is 0 Å². The van der Waals surface area contributed by atoms with Gasteiger partial charge in [-0.05, 0) is 73.1 Å². The Morgan fingerprint density at radius 1 is 1.14 bits per heavy atom. The molecule has 0 radical (unpaired) electrons. The van der Waals surface area contributed by atoms with Crippen LogP contribution in [-0.2, 0) is 11.2 Å². The molecule has 0 heterocycles. The molecule has 4 atom stereocenters. The Morgan fingerprint density at radius 2 is 1.91 bits per heavy atom. The van der Waals surface area contributed by atoms with E-state index in [1.54, 1.807) is 0 Å². The Bertz CT molecular complexity index is 580. The molecule has 0 aromatic heterocycles. The molecule has 4 rings (SSSR count). The first kappa shape index (κ1) is 15.5. The van der Waals surface area contributed by atoms with Crippen LogP contribution in [0.5, 0.6) is 5.75 Å². The molecule has 120 valence electrons. The van der Waals surface area contributed by atoms with Crippen molar-refractivity contribution < 1.29 is 15.0 Å². The number of phenolic OH excluding ortho intramolecular Hbond substituents is 1. The summed E-state index contributed by atoms with van der Waals surface area (Å²) in [5.74, 6) is 2.78. The molecule has 2 saturated carbocycles. The van der Waals surface area contributed by atoms with E-state index in [4.69, 9.17) is 5.11 Å². The average molecular weight is 302 g/mol. The molecule has 3 heteroatoms. The van der Waals surface area contributed by atoms with Crippen molar-refractivity contribution in [2.75, 3.05) is 7.11 Å². The Morgan fingerprint density at radius 3 is 2.68 bits per heavy atom. The Hall–Kier alpha value is -1.35. The summed E-state index contributed by atoms with van der Waals surface area (Å²) in [7, 11) is 1.00. The highest BCUT2D eigenvalue weighted by molar-refractivity contribution is 5.87. The monoisotopic (exact) mass is 302 g/mol. The van der Waals surface area contributed by atoms with Gasteiger partial charge in [0.15, 0.2) is 0 Å². The normalized spacial score (nSPS) is 35.8. The SMILES string of the molecule is CO.C[C@]12CC[C@@H]3c4ccc(O)cc4CC[C@H]3[C@@H]1CCC2=O. The molecular weight excluding hydrogens is 276 g/mol. The first-order valence-corrected chi connectivity index (χ1v) is 8.39. The van der Waals surface area contributed by atoms with E-state index in [9.17, 15) is 9.90 Å². The van der Waals surface area contributed by atoms with Crippen LogP contribution in [0.3, 0.4) is 0 Å². The van der Waals surface area contributed by atoms with Gasteiger partial charge < -0.3 is 10.2 Å². The summed E-state index contributed by atoms with van der Waals surface area (Å²) in [6.45, 7) is 2.22. The minimum atomic E-state index is -0.0322. The van der Waals surface area contributed by atoms with Crippen LogP contribution < -0.4 is 0 Å². The molecular formula is C19H26O3. The fourth-order valence-corrected chi connectivity index (χ4v) is 5.34. The van der Waals surface area contributed by atoms with E-state index in [2.05, 4.69) is 13.0 Å². The lowest BCUT2D eigenvalue weighted by atomic mass is 9.55. The summed E-state index contributed by atoms with van der Waals surface area (Å²) in [4.78, 5) is 12.3. The number of carbonyl (C=O) groups is 1. The third-order valence-electron chi connectivity index (χ3n) is 6.42. The van der Waals surface area contributed by atoms with Crippen LogP contribution in [0, 0.1) is 17.3 Å². The molecule has 3 aliphatic rings. The van der Waals surface area contributed by atoms with Crippen molar-refractivity contribution in [1.82, 2.24) is 0 Å². The van der Waals surface area contributed by atoms with Crippen LogP contribution >= 0.6 is 0 Å². The fraction of sp³-hybridized carbons (Fsp3) is 0.632. The average Bonchev–Trinajstić information content (AvgIpc) is 2.84. The molecule has 2 N–H and O–H groups in total. The maximum absolute atomic E-state index is 12.3. The van der Waals surface area contributed by atoms with Crippen LogP contribution in [0.25, 0.3) is 0 Å². The second kappa shape index (κ2) is 5.69. The van der Waals surface area contributed by atoms with Gasteiger partial charge in [-0.1, -0.05) is 13.0 Å². The highest BCUT2D eigenvalue weighted by Crippen LogP contribution is 2.59. The van der Waals surface area contributed by atoms with E-state index in [0.717, 1.165) is 39.2 Å². The third kappa shape index (κ3) is 2.18. The number of fused-ring (bicyclic) bond motifs is 5. The number of aliphatic hydroxyl groups is 1. The Kier molecular flexibility index (Phi) is 4.02. The van der Waals surface area contributed by atoms with Crippen molar-refractivity contribution in [3.8, 4) is 5.75 Å². The number of Topliss-reactive ketones (excluding diaryl/α,β-unsaturated/α-hetero) is 1. The zero-order valence-corrected chi connectivity index (χ0v) is 13.5. The molecule has 3 nitrogen and oxygen atoms in total. The van der Waals surface area contributed by atoms with Gasteiger partial charge in [0.05, 0.1) is 0 Å². The van der Waals surface area contributed by atoms with Gasteiger partial charge in [-0.2, -0.15) is 0 Å². The third-order valence-corrected chi connectivity index (χ3v) is 6.42. The molecule has 0 bridgehead atoms. The molecule has 0 saturated heterocycles. The number of phenols is 1. The predicted octanol–water partition coefficient (Wildman–Crippen LogP) is 3.43. The number of aliphatic hydroxyl groups excluding tert-OH is 1. The maximum Gasteiger partial charge on any atom is 0.139 e. The summed E-state index contributed by atoms with van der Waals surface area (Å²) in [5.41, 5.74) is 2.75. The summed E-state index contributed by atoms with van der Waals surface area (Å²) < 4.78 is 0. The molecule has 1 aromatic rings. The number of carbonyl (C=O) groups excluding carboxylic acids is 1. The van der Waals surface area contributed by atoms with Crippen LogP contribution in [0.4, 0.5) is 0 Å². The Balaban J connectivity index is 0.000000693. The summed E-state index contributed by atoms with van der Waals surface area (Å²) in [6, 6.07) is 5.90. The lowest BCUT2D eigenvalue weighted by Gasteiger charge is -2.48. The zero-order chi connectivity index (χ0) is 15.9. The van der Waals surface area contributed by atoms with Gasteiger partial charge in [0, 0.05) is 18.9 Å². The van der Waals surface area contributed by atoms with Crippen molar-refractivity contribution in [1.29, 1.82) is 0 Å². The van der Waals surface area contributed by atoms with E-state index < -0.39 is 0 Å². The van der Waals surface area contributed by atoms with Crippen LogP contribution in [0.1, 0.15) is 56.1 Å². The highest BCUT2D eigenvalue weighted by Gasteiger charge is 2.54. The number of rotatable bonds is 0. The van der Waals surface area contributed by atoms with Crippen LogP contribution in [0.2, 0.25) is 0 Å². The van der Waals surface area contributed by atoms with E-state index in [0.29, 0.717) is 29.3 Å². The smallest absolute Gasteiger partial charge is 0.139 e. The number of aryl methyl sites for hydroxylation is 1. The number of benzene rings is 1. The first-order valence-electron chi connectivity index (χ1n) is 8.39. The van der Waals surface area contributed by atoms with E-state index in [-0.39, 0.29) is 5.41 Å². The van der Waals surface area contributed by atoms with Crippen molar-refractivity contribution in [3.05, 3.63) is 29.3 Å². The first-order chi connectivity index (χ1) is 10.6. The lowest BCUT2D eigenvalue weighted by Crippen LogP contribution is -2.42. The van der Waals surface area contributed by atoms with E-state index >= 15 is 0 Å². The van der Waals surface area contributed by atoms with Crippen molar-refractivity contribution >= 4 is 5.78 Å². The molecule has 22 heavy (non-hydrogen) atoms. The lowest BCUT2D eigenvalue weighted by molar-refractivity contribution is -0.129. The quantitative estimate of drug-likeness (QED) is 0.772. The number of hydrogen-bond acceptors (Lipinski definition) is 3. The number of ketones is 1. The zero-order valence-electron chi connectivity index (χ0n) is 13.5. The van der Waals surface area contributed by atoms with Gasteiger partial charge in [-0.25, -0.2) is 0 Å². The van der Waals surface area contributed by atoms with Gasteiger partial charge in [-0.15, -0.1) is 0 Å². The highest BCUT2D eigenvalue weighted by atomic mass is 16.3. The van der Waals surface area contributed by atoms with Gasteiger partial charge in [0.25, 0.3) is 0 Å². The van der Waals surface area contributed by atoms with E-state index in [1.165, 1.54) is 17.5 Å². The summed E-state index contributed by atoms with van der Waals surface area (Å²) in [6.07, 6.45) is 6.34. The number of aromatic hydroxyl groups is 1. The largest absolute Gasteiger partial charge is 0.508 e. The van der Waals surface area contributed by atoms with Crippen molar-refractivity contribution in [3.63, 3.8) is 0 Å². The van der Waals surface area contributed by atoms with Gasteiger partial charge >= 0.3 is 0 Å². The molecule has 0 unspecified atom stereocenters. The topological polar surface area (TPSA) is 57.5 Å². The second-order valence-corrected chi connectivity index (χ2v) is 7.22.